The number of hydrogen-bond donors (Lipinski definition) is 1. The molecule has 1 rings (SSSR count). The van der Waals surface area contributed by atoms with Gasteiger partial charge in [-0.05, 0) is 0 Å². The lowest BCUT2D eigenvalue weighted by Crippen LogP contribution is -2.54. The Bertz CT molecular complexity index is 346. The van der Waals surface area contributed by atoms with Gasteiger partial charge in [0.05, 0.1) is 0 Å². The first-order chi connectivity index (χ1) is 7.06. The van der Waals surface area contributed by atoms with Crippen molar-refractivity contribution < 1.29 is 19.5 Å². The van der Waals surface area contributed by atoms with Crippen molar-refractivity contribution in [1.29, 1.82) is 0 Å². The zero-order valence-electron chi connectivity index (χ0n) is 7.84. The van der Waals surface area contributed by atoms with Crippen molar-refractivity contribution in [3.8, 4) is 0 Å². The molecule has 3 amide bonds. The molecular formula is C8H9N3O4. The Morgan fingerprint density at radius 2 is 2.13 bits per heavy atom. The van der Waals surface area contributed by atoms with E-state index in [0.29, 0.717) is 4.90 Å². The summed E-state index contributed by atoms with van der Waals surface area (Å²) in [6, 6.07) is 0. The molecule has 0 saturated carbocycles. The van der Waals surface area contributed by atoms with E-state index in [1.165, 1.54) is 4.90 Å². The molecule has 1 heterocycles. The molecule has 1 fully saturated rings. The van der Waals surface area contributed by atoms with Crippen LogP contribution in [-0.4, -0.2) is 59.0 Å². The third kappa shape index (κ3) is 2.43. The van der Waals surface area contributed by atoms with Gasteiger partial charge < -0.3 is 14.9 Å². The molecule has 0 aliphatic carbocycles. The lowest BCUT2D eigenvalue weighted by Gasteiger charge is -2.30. The molecule has 1 saturated heterocycles. The van der Waals surface area contributed by atoms with E-state index in [2.05, 4.69) is 4.85 Å². The number of carbonyl (C=O) groups excluding carboxylic acids is 2. The van der Waals surface area contributed by atoms with Crippen LogP contribution in [0.25, 0.3) is 4.85 Å². The average Bonchev–Trinajstić information content (AvgIpc) is 2.17. The maximum absolute atomic E-state index is 11.2. The average molecular weight is 211 g/mol. The van der Waals surface area contributed by atoms with Crippen LogP contribution in [-0.2, 0) is 9.59 Å². The normalized spacial score (nSPS) is 16.1. The minimum absolute atomic E-state index is 0.0299. The van der Waals surface area contributed by atoms with Crippen LogP contribution in [0, 0.1) is 6.57 Å². The molecule has 1 aliphatic rings. The first kappa shape index (κ1) is 11.0. The molecule has 0 aromatic rings. The highest BCUT2D eigenvalue weighted by molar-refractivity contribution is 5.95. The Kier molecular flexibility index (Phi) is 3.23. The quantitative estimate of drug-likeness (QED) is 0.579. The van der Waals surface area contributed by atoms with Crippen molar-refractivity contribution in [2.24, 2.45) is 0 Å². The zero-order valence-corrected chi connectivity index (χ0v) is 7.84. The van der Waals surface area contributed by atoms with Crippen LogP contribution in [0.5, 0.6) is 0 Å². The second kappa shape index (κ2) is 4.41. The van der Waals surface area contributed by atoms with Gasteiger partial charge in [-0.25, -0.2) is 16.3 Å². The van der Waals surface area contributed by atoms with E-state index in [4.69, 9.17) is 11.7 Å². The topological polar surface area (TPSA) is 82.3 Å². The summed E-state index contributed by atoms with van der Waals surface area (Å²) in [7, 11) is 0. The summed E-state index contributed by atoms with van der Waals surface area (Å²) < 4.78 is 0. The van der Waals surface area contributed by atoms with Gasteiger partial charge in [0.15, 0.2) is 0 Å². The molecule has 7 nitrogen and oxygen atoms in total. The third-order valence-corrected chi connectivity index (χ3v) is 2.02. The predicted octanol–water partition coefficient (Wildman–Crippen LogP) is -0.746. The van der Waals surface area contributed by atoms with E-state index in [-0.39, 0.29) is 26.2 Å². The highest BCUT2D eigenvalue weighted by atomic mass is 16.4. The van der Waals surface area contributed by atoms with E-state index in [1.807, 2.05) is 0 Å². The maximum Gasteiger partial charge on any atom is 0.414 e. The molecule has 80 valence electrons. The molecule has 0 aromatic carbocycles. The van der Waals surface area contributed by atoms with Crippen molar-refractivity contribution in [3.63, 3.8) is 0 Å². The summed E-state index contributed by atoms with van der Waals surface area (Å²) in [4.78, 5) is 37.7. The molecule has 0 radical (unpaired) electrons. The number of rotatable bonds is 1. The Morgan fingerprint density at radius 1 is 1.47 bits per heavy atom. The number of hydrogen-bond acceptors (Lipinski definition) is 3. The molecule has 0 atom stereocenters. The first-order valence-corrected chi connectivity index (χ1v) is 4.20. The molecule has 1 aliphatic heterocycles. The second-order valence-electron chi connectivity index (χ2n) is 2.96. The molecule has 0 bridgehead atoms. The zero-order chi connectivity index (χ0) is 11.4. The Labute approximate surface area is 85.7 Å². The van der Waals surface area contributed by atoms with E-state index >= 15 is 0 Å². The SMILES string of the molecule is [C-]#[N+]CC(=O)N1CCN(C(=O)O)C(=O)C1. The van der Waals surface area contributed by atoms with Crippen LogP contribution < -0.4 is 0 Å². The number of piperazine rings is 1. The van der Waals surface area contributed by atoms with Gasteiger partial charge in [-0.2, -0.15) is 0 Å². The van der Waals surface area contributed by atoms with Crippen LogP contribution >= 0.6 is 0 Å². The van der Waals surface area contributed by atoms with Gasteiger partial charge in [0.2, 0.25) is 0 Å². The van der Waals surface area contributed by atoms with E-state index < -0.39 is 17.9 Å². The van der Waals surface area contributed by atoms with E-state index in [9.17, 15) is 14.4 Å². The number of nitrogens with zero attached hydrogens (tertiary/aromatic N) is 3. The van der Waals surface area contributed by atoms with E-state index in [0.717, 1.165) is 0 Å². The summed E-state index contributed by atoms with van der Waals surface area (Å²) in [5.74, 6) is -1.07. The fourth-order valence-corrected chi connectivity index (χ4v) is 1.26. The van der Waals surface area contributed by atoms with Gasteiger partial charge in [0.25, 0.3) is 12.5 Å². The number of imide groups is 1. The van der Waals surface area contributed by atoms with Crippen molar-refractivity contribution in [1.82, 2.24) is 9.80 Å². The Morgan fingerprint density at radius 3 is 2.60 bits per heavy atom. The highest BCUT2D eigenvalue weighted by Crippen LogP contribution is 2.04. The molecule has 0 spiro atoms. The fourth-order valence-electron chi connectivity index (χ4n) is 1.26. The molecule has 1 N–H and O–H groups in total. The second-order valence-corrected chi connectivity index (χ2v) is 2.96. The molecule has 7 heteroatoms. The Hall–Kier alpha value is -2.10. The van der Waals surface area contributed by atoms with Gasteiger partial charge in [-0.3, -0.25) is 9.59 Å². The molecule has 0 unspecified atom stereocenters. The number of carboxylic acid groups (broad SMARTS) is 1. The van der Waals surface area contributed by atoms with Crippen molar-refractivity contribution in [3.05, 3.63) is 11.4 Å². The van der Waals surface area contributed by atoms with Gasteiger partial charge >= 0.3 is 12.0 Å². The van der Waals surface area contributed by atoms with Crippen molar-refractivity contribution >= 4 is 17.9 Å². The molecular weight excluding hydrogens is 202 g/mol. The first-order valence-electron chi connectivity index (χ1n) is 4.20. The number of amides is 3. The van der Waals surface area contributed by atoms with Gasteiger partial charge in [-0.1, -0.05) is 0 Å². The van der Waals surface area contributed by atoms with Crippen molar-refractivity contribution in [2.45, 2.75) is 0 Å². The number of carbonyl (C=O) groups is 3. The Balaban J connectivity index is 2.59. The van der Waals surface area contributed by atoms with E-state index in [1.54, 1.807) is 0 Å². The lowest BCUT2D eigenvalue weighted by molar-refractivity contribution is -0.142. The van der Waals surface area contributed by atoms with Crippen LogP contribution in [0.2, 0.25) is 0 Å². The standard InChI is InChI=1S/C8H9N3O4/c1-9-4-6(12)10-2-3-11(8(14)15)7(13)5-10/h2-5H2,(H,14,15). The molecule has 15 heavy (non-hydrogen) atoms. The fraction of sp³-hybridized carbons (Fsp3) is 0.500. The minimum Gasteiger partial charge on any atom is -0.465 e. The summed E-state index contributed by atoms with van der Waals surface area (Å²) in [6.45, 7) is 6.06. The van der Waals surface area contributed by atoms with Gasteiger partial charge in [0.1, 0.15) is 6.54 Å². The largest absolute Gasteiger partial charge is 0.465 e. The van der Waals surface area contributed by atoms with Crippen LogP contribution in [0.4, 0.5) is 4.79 Å². The van der Waals surface area contributed by atoms with Crippen LogP contribution in [0.15, 0.2) is 0 Å². The van der Waals surface area contributed by atoms with Crippen LogP contribution in [0.3, 0.4) is 0 Å². The third-order valence-electron chi connectivity index (χ3n) is 2.02. The highest BCUT2D eigenvalue weighted by Gasteiger charge is 2.31. The van der Waals surface area contributed by atoms with Gasteiger partial charge in [-0.15, -0.1) is 0 Å². The predicted molar refractivity (Wildman–Crippen MR) is 47.8 cm³/mol. The van der Waals surface area contributed by atoms with Gasteiger partial charge in [0, 0.05) is 13.1 Å². The summed E-state index contributed by atoms with van der Waals surface area (Å²) in [5, 5.41) is 8.59. The van der Waals surface area contributed by atoms with Crippen LogP contribution in [0.1, 0.15) is 0 Å². The summed E-state index contributed by atoms with van der Waals surface area (Å²) in [6.07, 6.45) is -1.31. The smallest absolute Gasteiger partial charge is 0.414 e. The molecule has 0 aromatic heterocycles. The summed E-state index contributed by atoms with van der Waals surface area (Å²) >= 11 is 0. The monoisotopic (exact) mass is 211 g/mol. The van der Waals surface area contributed by atoms with Crippen molar-refractivity contribution in [2.75, 3.05) is 26.2 Å². The minimum atomic E-state index is -1.31. The lowest BCUT2D eigenvalue weighted by atomic mass is 10.3. The summed E-state index contributed by atoms with van der Waals surface area (Å²) in [5.41, 5.74) is 0. The maximum atomic E-state index is 11.2.